The van der Waals surface area contributed by atoms with Crippen molar-refractivity contribution < 1.29 is 14.4 Å². The first-order chi connectivity index (χ1) is 11.5. The fourth-order valence-corrected chi connectivity index (χ4v) is 3.27. The number of hydrogen-bond acceptors (Lipinski definition) is 3. The first kappa shape index (κ1) is 18.5. The van der Waals surface area contributed by atoms with Gasteiger partial charge in [0.15, 0.2) is 5.78 Å². The molecule has 0 unspecified atom stereocenters. The van der Waals surface area contributed by atoms with Crippen LogP contribution in [0.25, 0.3) is 0 Å². The molecule has 0 saturated heterocycles. The van der Waals surface area contributed by atoms with Gasteiger partial charge >= 0.3 is 0 Å². The summed E-state index contributed by atoms with van der Waals surface area (Å²) in [5.41, 5.74) is -0.293. The summed E-state index contributed by atoms with van der Waals surface area (Å²) in [6.07, 6.45) is 4.36. The van der Waals surface area contributed by atoms with E-state index in [1.54, 1.807) is 31.3 Å². The second-order valence-electron chi connectivity index (χ2n) is 6.20. The number of amides is 2. The molecular formula is C18H23ClN2O3. The highest BCUT2D eigenvalue weighted by Crippen LogP contribution is 2.28. The molecule has 1 aromatic carbocycles. The number of benzene rings is 1. The average Bonchev–Trinajstić information content (AvgIpc) is 2.60. The summed E-state index contributed by atoms with van der Waals surface area (Å²) in [6.45, 7) is 0. The number of likely N-dealkylation sites (N-methyl/N-ethyl adjacent to an activating group) is 1. The van der Waals surface area contributed by atoms with Crippen LogP contribution < -0.4 is 10.6 Å². The second kappa shape index (κ2) is 8.29. The molecule has 0 heterocycles. The molecule has 6 heteroatoms. The molecule has 2 amide bonds. The van der Waals surface area contributed by atoms with E-state index in [0.29, 0.717) is 23.4 Å². The molecule has 1 aliphatic carbocycles. The largest absolute Gasteiger partial charge is 0.357 e. The van der Waals surface area contributed by atoms with Crippen LogP contribution in [0, 0.1) is 0 Å². The lowest BCUT2D eigenvalue weighted by Crippen LogP contribution is -2.59. The molecule has 0 radical (unpaired) electrons. The first-order valence-corrected chi connectivity index (χ1v) is 8.66. The van der Waals surface area contributed by atoms with Crippen LogP contribution >= 0.6 is 11.6 Å². The van der Waals surface area contributed by atoms with Crippen LogP contribution in [0.5, 0.6) is 0 Å². The molecular weight excluding hydrogens is 328 g/mol. The Morgan fingerprint density at radius 1 is 1.04 bits per heavy atom. The zero-order valence-corrected chi connectivity index (χ0v) is 14.6. The quantitative estimate of drug-likeness (QED) is 0.774. The summed E-state index contributed by atoms with van der Waals surface area (Å²) < 4.78 is 0. The molecule has 2 N–H and O–H groups in total. The third-order valence-corrected chi connectivity index (χ3v) is 4.74. The minimum Gasteiger partial charge on any atom is -0.357 e. The number of ketones is 1. The van der Waals surface area contributed by atoms with Gasteiger partial charge in [-0.1, -0.05) is 30.9 Å². The van der Waals surface area contributed by atoms with Gasteiger partial charge in [0.1, 0.15) is 5.54 Å². The number of carbonyl (C=O) groups is 3. The van der Waals surface area contributed by atoms with Gasteiger partial charge < -0.3 is 10.6 Å². The SMILES string of the molecule is CNC(=O)C1(NC(=O)CCC(=O)c2ccc(Cl)cc2)CCCCC1. The second-order valence-corrected chi connectivity index (χ2v) is 6.64. The number of hydrogen-bond donors (Lipinski definition) is 2. The van der Waals surface area contributed by atoms with Crippen molar-refractivity contribution in [3.8, 4) is 0 Å². The minimum absolute atomic E-state index is 0.0696. The Morgan fingerprint density at radius 2 is 1.67 bits per heavy atom. The van der Waals surface area contributed by atoms with Crippen molar-refractivity contribution in [1.29, 1.82) is 0 Å². The molecule has 0 bridgehead atoms. The summed E-state index contributed by atoms with van der Waals surface area (Å²) in [7, 11) is 1.58. The van der Waals surface area contributed by atoms with Crippen LogP contribution in [0.4, 0.5) is 0 Å². The molecule has 0 aliphatic heterocycles. The number of Topliss-reactive ketones (excluding diaryl/α,β-unsaturated/α-hetero) is 1. The summed E-state index contributed by atoms with van der Waals surface area (Å²) in [5, 5.41) is 6.08. The molecule has 0 aromatic heterocycles. The van der Waals surface area contributed by atoms with Crippen molar-refractivity contribution in [2.75, 3.05) is 7.05 Å². The van der Waals surface area contributed by atoms with Gasteiger partial charge in [0.05, 0.1) is 0 Å². The molecule has 0 atom stereocenters. The summed E-state index contributed by atoms with van der Waals surface area (Å²) >= 11 is 5.80. The molecule has 1 aliphatic rings. The zero-order valence-electron chi connectivity index (χ0n) is 13.9. The topological polar surface area (TPSA) is 75.3 Å². The van der Waals surface area contributed by atoms with Gasteiger partial charge in [-0.15, -0.1) is 0 Å². The highest BCUT2D eigenvalue weighted by molar-refractivity contribution is 6.30. The number of halogens is 1. The lowest BCUT2D eigenvalue weighted by Gasteiger charge is -2.36. The van der Waals surface area contributed by atoms with E-state index >= 15 is 0 Å². The van der Waals surface area contributed by atoms with Crippen LogP contribution in [0.1, 0.15) is 55.3 Å². The lowest BCUT2D eigenvalue weighted by molar-refractivity contribution is -0.134. The fourth-order valence-electron chi connectivity index (χ4n) is 3.14. The third-order valence-electron chi connectivity index (χ3n) is 4.49. The van der Waals surface area contributed by atoms with Crippen LogP contribution in [0.15, 0.2) is 24.3 Å². The maximum Gasteiger partial charge on any atom is 0.245 e. The molecule has 2 rings (SSSR count). The first-order valence-electron chi connectivity index (χ1n) is 8.29. The van der Waals surface area contributed by atoms with Gasteiger partial charge in [0, 0.05) is 30.5 Å². The smallest absolute Gasteiger partial charge is 0.245 e. The summed E-state index contributed by atoms with van der Waals surface area (Å²) in [6, 6.07) is 6.60. The van der Waals surface area contributed by atoms with Crippen molar-refractivity contribution in [2.45, 2.75) is 50.5 Å². The highest BCUT2D eigenvalue weighted by atomic mass is 35.5. The van der Waals surface area contributed by atoms with E-state index < -0.39 is 5.54 Å². The van der Waals surface area contributed by atoms with Crippen molar-refractivity contribution in [1.82, 2.24) is 10.6 Å². The maximum atomic E-state index is 12.3. The molecule has 130 valence electrons. The standard InChI is InChI=1S/C18H23ClN2O3/c1-20-17(24)18(11-3-2-4-12-18)21-16(23)10-9-15(22)13-5-7-14(19)8-6-13/h5-8H,2-4,9-12H2,1H3,(H,20,24)(H,21,23). The normalized spacial score (nSPS) is 16.2. The Morgan fingerprint density at radius 3 is 2.25 bits per heavy atom. The third kappa shape index (κ3) is 4.57. The van der Waals surface area contributed by atoms with Gasteiger partial charge in [-0.2, -0.15) is 0 Å². The molecule has 5 nitrogen and oxygen atoms in total. The molecule has 1 saturated carbocycles. The van der Waals surface area contributed by atoms with Crippen LogP contribution in [0.2, 0.25) is 5.02 Å². The monoisotopic (exact) mass is 350 g/mol. The number of nitrogens with one attached hydrogen (secondary N) is 2. The molecule has 0 spiro atoms. The molecule has 1 aromatic rings. The van der Waals surface area contributed by atoms with Gasteiger partial charge in [-0.05, 0) is 37.1 Å². The van der Waals surface area contributed by atoms with Crippen LogP contribution in [-0.4, -0.2) is 30.2 Å². The van der Waals surface area contributed by atoms with Crippen molar-refractivity contribution in [2.24, 2.45) is 0 Å². The van der Waals surface area contributed by atoms with Crippen LogP contribution in [0.3, 0.4) is 0 Å². The predicted molar refractivity (Wildman–Crippen MR) is 93.0 cm³/mol. The number of carbonyl (C=O) groups excluding carboxylic acids is 3. The minimum atomic E-state index is -0.826. The Kier molecular flexibility index (Phi) is 6.37. The Labute approximate surface area is 147 Å². The van der Waals surface area contributed by atoms with E-state index in [0.717, 1.165) is 19.3 Å². The van der Waals surface area contributed by atoms with Gasteiger partial charge in [-0.3, -0.25) is 14.4 Å². The lowest BCUT2D eigenvalue weighted by atomic mass is 9.80. The number of rotatable bonds is 6. The van der Waals surface area contributed by atoms with E-state index in [9.17, 15) is 14.4 Å². The van der Waals surface area contributed by atoms with Crippen molar-refractivity contribution in [3.63, 3.8) is 0 Å². The summed E-state index contributed by atoms with van der Waals surface area (Å²) in [5.74, 6) is -0.526. The maximum absolute atomic E-state index is 12.3. The van der Waals surface area contributed by atoms with E-state index in [2.05, 4.69) is 10.6 Å². The van der Waals surface area contributed by atoms with Crippen LogP contribution in [-0.2, 0) is 9.59 Å². The molecule has 1 fully saturated rings. The van der Waals surface area contributed by atoms with Gasteiger partial charge in [0.2, 0.25) is 11.8 Å². The van der Waals surface area contributed by atoms with E-state index in [1.165, 1.54) is 0 Å². The van der Waals surface area contributed by atoms with E-state index in [1.807, 2.05) is 0 Å². The highest BCUT2D eigenvalue weighted by Gasteiger charge is 2.40. The predicted octanol–water partition coefficient (Wildman–Crippen LogP) is 2.87. The Hall–Kier alpha value is -1.88. The fraction of sp³-hybridized carbons (Fsp3) is 0.500. The van der Waals surface area contributed by atoms with Crippen molar-refractivity contribution in [3.05, 3.63) is 34.9 Å². The van der Waals surface area contributed by atoms with E-state index in [-0.39, 0.29) is 30.4 Å². The van der Waals surface area contributed by atoms with E-state index in [4.69, 9.17) is 11.6 Å². The zero-order chi connectivity index (χ0) is 17.6. The Bertz CT molecular complexity index is 607. The Balaban J connectivity index is 1.92. The van der Waals surface area contributed by atoms with Gasteiger partial charge in [-0.25, -0.2) is 0 Å². The molecule has 24 heavy (non-hydrogen) atoms. The van der Waals surface area contributed by atoms with Gasteiger partial charge in [0.25, 0.3) is 0 Å². The van der Waals surface area contributed by atoms with Crippen molar-refractivity contribution >= 4 is 29.2 Å². The summed E-state index contributed by atoms with van der Waals surface area (Å²) in [4.78, 5) is 36.6. The average molecular weight is 351 g/mol.